The molecule has 1 amide bonds. The summed E-state index contributed by atoms with van der Waals surface area (Å²) in [6.45, 7) is 3.35. The molecular formula is C24H32N2O5S. The molecule has 0 spiro atoms. The van der Waals surface area contributed by atoms with Crippen LogP contribution < -0.4 is 14.8 Å². The molecule has 174 valence electrons. The van der Waals surface area contributed by atoms with Gasteiger partial charge in [0.15, 0.2) is 0 Å². The maximum absolute atomic E-state index is 13.0. The van der Waals surface area contributed by atoms with E-state index in [2.05, 4.69) is 5.32 Å². The van der Waals surface area contributed by atoms with Crippen LogP contribution in [-0.4, -0.2) is 51.5 Å². The lowest BCUT2D eigenvalue weighted by Gasteiger charge is -2.26. The number of carbonyl (C=O) groups excluding carboxylic acids is 1. The number of para-hydroxylation sites is 1. The number of aryl methyl sites for hydroxylation is 1. The van der Waals surface area contributed by atoms with Gasteiger partial charge in [0.05, 0.1) is 18.0 Å². The molecule has 7 nitrogen and oxygen atoms in total. The third-order valence-electron chi connectivity index (χ3n) is 5.48. The molecule has 1 fully saturated rings. The minimum atomic E-state index is -3.54. The molecule has 1 aliphatic heterocycles. The first kappa shape index (κ1) is 24.1. The van der Waals surface area contributed by atoms with Crippen LogP contribution in [0.4, 0.5) is 0 Å². The normalized spacial score (nSPS) is 15.7. The predicted molar refractivity (Wildman–Crippen MR) is 123 cm³/mol. The van der Waals surface area contributed by atoms with Crippen molar-refractivity contribution in [3.63, 3.8) is 0 Å². The first-order valence-electron chi connectivity index (χ1n) is 11.0. The smallest absolute Gasteiger partial charge is 0.243 e. The fourth-order valence-corrected chi connectivity index (χ4v) is 5.31. The summed E-state index contributed by atoms with van der Waals surface area (Å²) in [5.41, 5.74) is 0.703. The Morgan fingerprint density at radius 3 is 2.50 bits per heavy atom. The van der Waals surface area contributed by atoms with E-state index in [9.17, 15) is 13.2 Å². The summed E-state index contributed by atoms with van der Waals surface area (Å²) >= 11 is 0. The van der Waals surface area contributed by atoms with Gasteiger partial charge in [0.1, 0.15) is 18.1 Å². The number of carbonyl (C=O) groups is 1. The van der Waals surface area contributed by atoms with Crippen molar-refractivity contribution in [2.24, 2.45) is 0 Å². The Balaban J connectivity index is 1.58. The van der Waals surface area contributed by atoms with Gasteiger partial charge in [0.25, 0.3) is 0 Å². The van der Waals surface area contributed by atoms with Gasteiger partial charge in [-0.1, -0.05) is 24.6 Å². The number of rotatable bonds is 10. The zero-order chi connectivity index (χ0) is 23.0. The summed E-state index contributed by atoms with van der Waals surface area (Å²) in [5.74, 6) is 1.21. The minimum absolute atomic E-state index is 0.125. The molecule has 1 heterocycles. The van der Waals surface area contributed by atoms with E-state index in [0.29, 0.717) is 37.4 Å². The van der Waals surface area contributed by atoms with Crippen LogP contribution in [0.15, 0.2) is 53.4 Å². The highest BCUT2D eigenvalue weighted by Crippen LogP contribution is 2.27. The van der Waals surface area contributed by atoms with Gasteiger partial charge < -0.3 is 14.8 Å². The molecule has 0 unspecified atom stereocenters. The molecule has 1 saturated heterocycles. The molecule has 1 atom stereocenters. The summed E-state index contributed by atoms with van der Waals surface area (Å²) in [7, 11) is -2.00. The Morgan fingerprint density at radius 2 is 1.81 bits per heavy atom. The molecule has 0 saturated carbocycles. The topological polar surface area (TPSA) is 84.9 Å². The highest BCUT2D eigenvalue weighted by Gasteiger charge is 2.26. The van der Waals surface area contributed by atoms with E-state index < -0.39 is 10.0 Å². The van der Waals surface area contributed by atoms with Gasteiger partial charge in [-0.15, -0.1) is 0 Å². The predicted octanol–water partition coefficient (Wildman–Crippen LogP) is 3.39. The van der Waals surface area contributed by atoms with Gasteiger partial charge in [-0.05, 0) is 62.1 Å². The lowest BCUT2D eigenvalue weighted by atomic mass is 10.1. The number of hydrogen-bond acceptors (Lipinski definition) is 5. The quantitative estimate of drug-likeness (QED) is 0.588. The van der Waals surface area contributed by atoms with Crippen LogP contribution in [0.1, 0.15) is 38.2 Å². The summed E-state index contributed by atoms with van der Waals surface area (Å²) in [6.07, 6.45) is 3.43. The molecule has 2 aromatic rings. The number of methoxy groups -OCH3 is 1. The van der Waals surface area contributed by atoms with Crippen molar-refractivity contribution in [3.05, 3.63) is 54.1 Å². The van der Waals surface area contributed by atoms with E-state index in [1.165, 1.54) is 0 Å². The number of ether oxygens (including phenoxy) is 2. The molecule has 0 aliphatic carbocycles. The lowest BCUT2D eigenvalue weighted by molar-refractivity contribution is -0.121. The first-order valence-corrected chi connectivity index (χ1v) is 12.5. The Hall–Kier alpha value is -2.58. The van der Waals surface area contributed by atoms with Crippen LogP contribution in [0.2, 0.25) is 0 Å². The van der Waals surface area contributed by atoms with E-state index >= 15 is 0 Å². The van der Waals surface area contributed by atoms with Crippen molar-refractivity contribution >= 4 is 15.9 Å². The average molecular weight is 461 g/mol. The van der Waals surface area contributed by atoms with Crippen LogP contribution in [-0.2, 0) is 21.2 Å². The van der Waals surface area contributed by atoms with E-state index in [1.807, 2.05) is 37.3 Å². The van der Waals surface area contributed by atoms with Crippen molar-refractivity contribution in [2.45, 2.75) is 50.0 Å². The molecule has 32 heavy (non-hydrogen) atoms. The maximum atomic E-state index is 13.0. The van der Waals surface area contributed by atoms with Crippen molar-refractivity contribution in [1.29, 1.82) is 0 Å². The van der Waals surface area contributed by atoms with E-state index in [0.717, 1.165) is 25.0 Å². The van der Waals surface area contributed by atoms with Crippen LogP contribution in [0.25, 0.3) is 0 Å². The monoisotopic (exact) mass is 460 g/mol. The summed E-state index contributed by atoms with van der Waals surface area (Å²) in [5, 5.41) is 2.92. The van der Waals surface area contributed by atoms with Gasteiger partial charge in [-0.2, -0.15) is 4.31 Å². The largest absolute Gasteiger partial charge is 0.496 e. The van der Waals surface area contributed by atoms with Crippen LogP contribution in [0, 0.1) is 0 Å². The number of nitrogens with one attached hydrogen (secondary N) is 1. The van der Waals surface area contributed by atoms with Gasteiger partial charge >= 0.3 is 0 Å². The summed E-state index contributed by atoms with van der Waals surface area (Å²) in [6, 6.07) is 14.2. The lowest BCUT2D eigenvalue weighted by Crippen LogP contribution is -2.37. The molecule has 8 heteroatoms. The van der Waals surface area contributed by atoms with Crippen LogP contribution in [0.5, 0.6) is 11.5 Å². The van der Waals surface area contributed by atoms with Crippen molar-refractivity contribution in [2.75, 3.05) is 26.8 Å². The SMILES string of the molecule is COc1ccc(S(=O)(=O)N2CCCCC2)cc1CCC(=O)N[C@@H](C)COc1ccccc1. The Morgan fingerprint density at radius 1 is 1.09 bits per heavy atom. The second-order valence-corrected chi connectivity index (χ2v) is 9.97. The standard InChI is InChI=1S/C24H32N2O5S/c1-19(18-31-21-9-5-3-6-10-21)25-24(27)14-11-20-17-22(12-13-23(20)30-2)32(28,29)26-15-7-4-8-16-26/h3,5-6,9-10,12-13,17,19H,4,7-8,11,14-16,18H2,1-2H3,(H,25,27)/t19-/m0/s1. The molecule has 1 aliphatic rings. The second kappa shape index (κ2) is 11.3. The molecular weight excluding hydrogens is 428 g/mol. The summed E-state index contributed by atoms with van der Waals surface area (Å²) < 4.78 is 38.6. The zero-order valence-electron chi connectivity index (χ0n) is 18.7. The Labute approximate surface area is 190 Å². The van der Waals surface area contributed by atoms with E-state index in [-0.39, 0.29) is 23.3 Å². The first-order chi connectivity index (χ1) is 15.4. The van der Waals surface area contributed by atoms with Crippen molar-refractivity contribution < 1.29 is 22.7 Å². The third-order valence-corrected chi connectivity index (χ3v) is 7.37. The molecule has 0 radical (unpaired) electrons. The molecule has 0 aromatic heterocycles. The third kappa shape index (κ3) is 6.46. The minimum Gasteiger partial charge on any atom is -0.496 e. The second-order valence-electron chi connectivity index (χ2n) is 8.03. The maximum Gasteiger partial charge on any atom is 0.243 e. The fourth-order valence-electron chi connectivity index (χ4n) is 3.74. The van der Waals surface area contributed by atoms with Gasteiger partial charge in [-0.25, -0.2) is 8.42 Å². The highest BCUT2D eigenvalue weighted by atomic mass is 32.2. The zero-order valence-corrected chi connectivity index (χ0v) is 19.6. The number of piperidine rings is 1. The fraction of sp³-hybridized carbons (Fsp3) is 0.458. The van der Waals surface area contributed by atoms with Crippen molar-refractivity contribution in [1.82, 2.24) is 9.62 Å². The summed E-state index contributed by atoms with van der Waals surface area (Å²) in [4.78, 5) is 12.7. The van der Waals surface area contributed by atoms with Gasteiger partial charge in [0.2, 0.25) is 15.9 Å². The van der Waals surface area contributed by atoms with Gasteiger partial charge in [-0.3, -0.25) is 4.79 Å². The number of amides is 1. The number of hydrogen-bond donors (Lipinski definition) is 1. The molecule has 1 N–H and O–H groups in total. The molecule has 0 bridgehead atoms. The number of sulfonamides is 1. The molecule has 3 rings (SSSR count). The van der Waals surface area contributed by atoms with E-state index in [1.54, 1.807) is 29.6 Å². The average Bonchev–Trinajstić information content (AvgIpc) is 2.82. The molecule has 2 aromatic carbocycles. The van der Waals surface area contributed by atoms with Crippen LogP contribution >= 0.6 is 0 Å². The number of benzene rings is 2. The van der Waals surface area contributed by atoms with Crippen LogP contribution in [0.3, 0.4) is 0 Å². The van der Waals surface area contributed by atoms with E-state index in [4.69, 9.17) is 9.47 Å². The van der Waals surface area contributed by atoms with Crippen molar-refractivity contribution in [3.8, 4) is 11.5 Å². The Kier molecular flexibility index (Phi) is 8.53. The van der Waals surface area contributed by atoms with Gasteiger partial charge in [0, 0.05) is 19.5 Å². The Bertz CT molecular complexity index is 989. The number of nitrogens with zero attached hydrogens (tertiary/aromatic N) is 1. The highest BCUT2D eigenvalue weighted by molar-refractivity contribution is 7.89.